The van der Waals surface area contributed by atoms with Crippen molar-refractivity contribution in [1.29, 1.82) is 0 Å². The van der Waals surface area contributed by atoms with Gasteiger partial charge in [0.1, 0.15) is 0 Å². The van der Waals surface area contributed by atoms with Crippen LogP contribution in [-0.4, -0.2) is 4.57 Å². The summed E-state index contributed by atoms with van der Waals surface area (Å²) in [5.74, 6) is 0. The van der Waals surface area contributed by atoms with Gasteiger partial charge in [0.05, 0.1) is 16.7 Å². The molecule has 48 heavy (non-hydrogen) atoms. The van der Waals surface area contributed by atoms with E-state index in [1.807, 2.05) is 0 Å². The van der Waals surface area contributed by atoms with E-state index in [4.69, 9.17) is 0 Å². The highest BCUT2D eigenvalue weighted by molar-refractivity contribution is 6.18. The predicted octanol–water partition coefficient (Wildman–Crippen LogP) is 12.7. The van der Waals surface area contributed by atoms with Crippen LogP contribution in [0.4, 0.5) is 17.1 Å². The molecule has 0 saturated heterocycles. The van der Waals surface area contributed by atoms with Crippen molar-refractivity contribution >= 4 is 49.6 Å². The second-order valence-electron chi connectivity index (χ2n) is 12.2. The second kappa shape index (κ2) is 11.8. The average molecular weight is 613 g/mol. The standard InChI is InChI=1S/C46H32N2/c1-4-16-33(17-5-1)38-24-12-13-26-40(38)41-27-15-29-45-46(41)42-32-37(30-31-44(42)48(45)36-22-8-3-9-23-36)47(35-20-6-2-7-21-35)43-28-14-19-34-18-10-11-25-39(34)43/h1-32H. The SMILES string of the molecule is c1ccc(-c2ccccc2-c2cccc3c2c2cc(N(c4ccccc4)c4cccc5ccccc45)ccc2n3-c2ccccc2)cc1. The maximum absolute atomic E-state index is 2.41. The van der Waals surface area contributed by atoms with Gasteiger partial charge in [-0.1, -0.05) is 140 Å². The van der Waals surface area contributed by atoms with Gasteiger partial charge < -0.3 is 9.47 Å². The maximum Gasteiger partial charge on any atom is 0.0547 e. The van der Waals surface area contributed by atoms with Gasteiger partial charge in [0.25, 0.3) is 0 Å². The van der Waals surface area contributed by atoms with Gasteiger partial charge in [-0.25, -0.2) is 0 Å². The molecule has 1 heterocycles. The van der Waals surface area contributed by atoms with Crippen molar-refractivity contribution in [3.8, 4) is 27.9 Å². The fraction of sp³-hybridized carbons (Fsp3) is 0. The molecule has 0 atom stereocenters. The van der Waals surface area contributed by atoms with Crippen molar-refractivity contribution < 1.29 is 0 Å². The van der Waals surface area contributed by atoms with E-state index in [1.54, 1.807) is 0 Å². The van der Waals surface area contributed by atoms with Crippen molar-refractivity contribution in [3.05, 3.63) is 194 Å². The predicted molar refractivity (Wildman–Crippen MR) is 204 cm³/mol. The summed E-state index contributed by atoms with van der Waals surface area (Å²) in [5.41, 5.74) is 11.8. The van der Waals surface area contributed by atoms with Crippen LogP contribution in [0.25, 0.3) is 60.5 Å². The molecule has 2 nitrogen and oxygen atoms in total. The zero-order chi connectivity index (χ0) is 31.9. The fourth-order valence-electron chi connectivity index (χ4n) is 7.27. The number of hydrogen-bond donors (Lipinski definition) is 0. The van der Waals surface area contributed by atoms with Crippen LogP contribution in [0.5, 0.6) is 0 Å². The van der Waals surface area contributed by atoms with Gasteiger partial charge >= 0.3 is 0 Å². The third-order valence-corrected chi connectivity index (χ3v) is 9.37. The van der Waals surface area contributed by atoms with Gasteiger partial charge in [0.15, 0.2) is 0 Å². The Hall–Kier alpha value is -6.38. The van der Waals surface area contributed by atoms with E-state index in [9.17, 15) is 0 Å². The molecule has 0 fully saturated rings. The first-order valence-electron chi connectivity index (χ1n) is 16.5. The summed E-state index contributed by atoms with van der Waals surface area (Å²) < 4.78 is 2.41. The minimum Gasteiger partial charge on any atom is -0.310 e. The molecule has 9 rings (SSSR count). The van der Waals surface area contributed by atoms with E-state index in [1.165, 1.54) is 54.8 Å². The first kappa shape index (κ1) is 27.9. The number of hydrogen-bond acceptors (Lipinski definition) is 1. The summed E-state index contributed by atoms with van der Waals surface area (Å²) in [7, 11) is 0. The lowest BCUT2D eigenvalue weighted by molar-refractivity contribution is 1.18. The van der Waals surface area contributed by atoms with Gasteiger partial charge in [-0.3, -0.25) is 0 Å². The van der Waals surface area contributed by atoms with Crippen LogP contribution in [0.15, 0.2) is 194 Å². The smallest absolute Gasteiger partial charge is 0.0547 e. The normalized spacial score (nSPS) is 11.3. The average Bonchev–Trinajstić information content (AvgIpc) is 3.50. The summed E-state index contributed by atoms with van der Waals surface area (Å²) in [4.78, 5) is 2.40. The molecule has 0 aliphatic heterocycles. The van der Waals surface area contributed by atoms with Crippen LogP contribution in [0, 0.1) is 0 Å². The number of fused-ring (bicyclic) bond motifs is 4. The molecule has 0 saturated carbocycles. The number of benzene rings is 8. The monoisotopic (exact) mass is 612 g/mol. The Bertz CT molecular complexity index is 2540. The number of anilines is 3. The third kappa shape index (κ3) is 4.66. The Morgan fingerprint density at radius 3 is 1.81 bits per heavy atom. The Morgan fingerprint density at radius 2 is 1.00 bits per heavy atom. The van der Waals surface area contributed by atoms with Crippen molar-refractivity contribution in [1.82, 2.24) is 4.57 Å². The molecule has 0 aliphatic carbocycles. The summed E-state index contributed by atoms with van der Waals surface area (Å²) in [6.45, 7) is 0. The van der Waals surface area contributed by atoms with Crippen LogP contribution in [0.1, 0.15) is 0 Å². The highest BCUT2D eigenvalue weighted by Crippen LogP contribution is 2.45. The minimum absolute atomic E-state index is 1.11. The zero-order valence-corrected chi connectivity index (χ0v) is 26.4. The van der Waals surface area contributed by atoms with Crippen molar-refractivity contribution in [2.75, 3.05) is 4.90 Å². The molecule has 0 amide bonds. The number of aromatic nitrogens is 1. The molecule has 0 spiro atoms. The van der Waals surface area contributed by atoms with E-state index >= 15 is 0 Å². The first-order chi connectivity index (χ1) is 23.8. The zero-order valence-electron chi connectivity index (χ0n) is 26.4. The van der Waals surface area contributed by atoms with Gasteiger partial charge in [-0.15, -0.1) is 0 Å². The van der Waals surface area contributed by atoms with Gasteiger partial charge in [-0.05, 0) is 82.2 Å². The second-order valence-corrected chi connectivity index (χ2v) is 12.2. The molecular formula is C46H32N2. The topological polar surface area (TPSA) is 8.17 Å². The summed E-state index contributed by atoms with van der Waals surface area (Å²) in [5, 5.41) is 4.89. The summed E-state index contributed by atoms with van der Waals surface area (Å²) >= 11 is 0. The lowest BCUT2D eigenvalue weighted by atomic mass is 9.92. The van der Waals surface area contributed by atoms with Crippen LogP contribution in [0.3, 0.4) is 0 Å². The Kier molecular flexibility index (Phi) is 6.84. The Balaban J connectivity index is 1.37. The molecule has 2 heteroatoms. The molecule has 0 bridgehead atoms. The van der Waals surface area contributed by atoms with E-state index in [-0.39, 0.29) is 0 Å². The molecule has 8 aromatic carbocycles. The van der Waals surface area contributed by atoms with Crippen LogP contribution < -0.4 is 4.90 Å². The molecule has 0 aliphatic rings. The van der Waals surface area contributed by atoms with Gasteiger partial charge in [0, 0.05) is 33.2 Å². The molecule has 0 radical (unpaired) electrons. The lowest BCUT2D eigenvalue weighted by Gasteiger charge is -2.27. The van der Waals surface area contributed by atoms with E-state index in [0.29, 0.717) is 0 Å². The van der Waals surface area contributed by atoms with Gasteiger partial charge in [0.2, 0.25) is 0 Å². The fourth-order valence-corrected chi connectivity index (χ4v) is 7.27. The minimum atomic E-state index is 1.11. The Morgan fingerprint density at radius 1 is 0.375 bits per heavy atom. The quantitative estimate of drug-likeness (QED) is 0.181. The molecule has 226 valence electrons. The third-order valence-electron chi connectivity index (χ3n) is 9.37. The van der Waals surface area contributed by atoms with E-state index in [0.717, 1.165) is 22.7 Å². The number of para-hydroxylation sites is 2. The number of rotatable bonds is 6. The van der Waals surface area contributed by atoms with E-state index in [2.05, 4.69) is 204 Å². The van der Waals surface area contributed by atoms with Crippen molar-refractivity contribution in [2.45, 2.75) is 0 Å². The largest absolute Gasteiger partial charge is 0.310 e. The van der Waals surface area contributed by atoms with Crippen LogP contribution in [0.2, 0.25) is 0 Å². The molecule has 1 aromatic heterocycles. The Labute approximate surface area is 280 Å². The lowest BCUT2D eigenvalue weighted by Crippen LogP contribution is -2.10. The molecular weight excluding hydrogens is 581 g/mol. The summed E-state index contributed by atoms with van der Waals surface area (Å²) in [6, 6.07) is 69.9. The van der Waals surface area contributed by atoms with Crippen LogP contribution >= 0.6 is 0 Å². The molecule has 9 aromatic rings. The molecule has 0 unspecified atom stereocenters. The molecule has 0 N–H and O–H groups in total. The van der Waals surface area contributed by atoms with Crippen LogP contribution in [-0.2, 0) is 0 Å². The van der Waals surface area contributed by atoms with E-state index < -0.39 is 0 Å². The number of nitrogens with zero attached hydrogens (tertiary/aromatic N) is 2. The maximum atomic E-state index is 2.41. The van der Waals surface area contributed by atoms with Crippen molar-refractivity contribution in [3.63, 3.8) is 0 Å². The van der Waals surface area contributed by atoms with Crippen molar-refractivity contribution in [2.24, 2.45) is 0 Å². The first-order valence-corrected chi connectivity index (χ1v) is 16.5. The summed E-state index contributed by atoms with van der Waals surface area (Å²) in [6.07, 6.45) is 0. The highest BCUT2D eigenvalue weighted by atomic mass is 15.1. The highest BCUT2D eigenvalue weighted by Gasteiger charge is 2.21. The van der Waals surface area contributed by atoms with Gasteiger partial charge in [-0.2, -0.15) is 0 Å².